The van der Waals surface area contributed by atoms with Gasteiger partial charge in [-0.2, -0.15) is 0 Å². The normalized spacial score (nSPS) is 39.4. The van der Waals surface area contributed by atoms with Crippen LogP contribution in [0, 0.1) is 0 Å². The molecular weight excluding hydrogens is 248 g/mol. The van der Waals surface area contributed by atoms with Gasteiger partial charge in [-0.25, -0.2) is 0 Å². The lowest BCUT2D eigenvalue weighted by molar-refractivity contribution is -0.0575. The van der Waals surface area contributed by atoms with Crippen molar-refractivity contribution in [3.05, 3.63) is 25.3 Å². The lowest BCUT2D eigenvalue weighted by Crippen LogP contribution is -2.81. The van der Waals surface area contributed by atoms with Gasteiger partial charge in [0.15, 0.2) is 0 Å². The summed E-state index contributed by atoms with van der Waals surface area (Å²) >= 11 is 0. The van der Waals surface area contributed by atoms with Crippen LogP contribution >= 0.6 is 0 Å². The smallest absolute Gasteiger partial charge is 0.0938 e. The van der Waals surface area contributed by atoms with E-state index in [1.165, 1.54) is 0 Å². The summed E-state index contributed by atoms with van der Waals surface area (Å²) < 4.78 is 0. The second-order valence-corrected chi connectivity index (χ2v) is 6.34. The summed E-state index contributed by atoms with van der Waals surface area (Å²) in [6.07, 6.45) is 5.97. The first-order valence-electron chi connectivity index (χ1n) is 7.78. The number of hydrogen-bond acceptors (Lipinski definition) is 4. The highest BCUT2D eigenvalue weighted by atomic mass is 15.4. The fraction of sp³-hybridized carbons (Fsp3) is 0.750. The highest BCUT2D eigenvalue weighted by Crippen LogP contribution is 2.36. The molecular formula is C16H30N4. The Balaban J connectivity index is 2.36. The predicted molar refractivity (Wildman–Crippen MR) is 85.8 cm³/mol. The van der Waals surface area contributed by atoms with Crippen molar-refractivity contribution in [3.8, 4) is 0 Å². The summed E-state index contributed by atoms with van der Waals surface area (Å²) in [6, 6.07) is 0.461. The molecule has 2 aliphatic heterocycles. The van der Waals surface area contributed by atoms with Crippen molar-refractivity contribution in [2.45, 2.75) is 43.9 Å². The monoisotopic (exact) mass is 278 g/mol. The number of nitrogens with one attached hydrogen (secondary N) is 3. The molecule has 0 bridgehead atoms. The predicted octanol–water partition coefficient (Wildman–Crippen LogP) is 1.08. The largest absolute Gasteiger partial charge is 0.314 e. The Morgan fingerprint density at radius 1 is 1.20 bits per heavy atom. The van der Waals surface area contributed by atoms with Crippen LogP contribution < -0.4 is 16.0 Å². The van der Waals surface area contributed by atoms with Crippen LogP contribution in [-0.2, 0) is 0 Å². The Morgan fingerprint density at radius 2 is 1.85 bits per heavy atom. The summed E-state index contributed by atoms with van der Waals surface area (Å²) in [6.45, 7) is 17.8. The highest BCUT2D eigenvalue weighted by Gasteiger charge is 2.53. The standard InChI is InChI=1S/C16H30N4/c1-5-7-15(4)16(8-6-2,19-14(3)13-18-15)20-11-9-17-10-12-20/h5-6,14,17-19H,1-2,7-13H2,3-4H3. The molecule has 0 aromatic heterocycles. The highest BCUT2D eigenvalue weighted by molar-refractivity contribution is 5.16. The van der Waals surface area contributed by atoms with Crippen LogP contribution in [0.1, 0.15) is 26.7 Å². The second kappa shape index (κ2) is 6.39. The summed E-state index contributed by atoms with van der Waals surface area (Å²) in [5.41, 5.74) is -0.102. The lowest BCUT2D eigenvalue weighted by Gasteiger charge is -2.60. The van der Waals surface area contributed by atoms with Gasteiger partial charge in [-0.05, 0) is 26.7 Å². The average molecular weight is 278 g/mol. The van der Waals surface area contributed by atoms with Crippen LogP contribution in [0.4, 0.5) is 0 Å². The third kappa shape index (κ3) is 2.70. The fourth-order valence-corrected chi connectivity index (χ4v) is 3.78. The van der Waals surface area contributed by atoms with Gasteiger partial charge in [0.2, 0.25) is 0 Å². The van der Waals surface area contributed by atoms with Crippen molar-refractivity contribution in [2.24, 2.45) is 0 Å². The van der Waals surface area contributed by atoms with Crippen molar-refractivity contribution >= 4 is 0 Å². The van der Waals surface area contributed by atoms with Crippen molar-refractivity contribution in [3.63, 3.8) is 0 Å². The third-order valence-electron chi connectivity index (χ3n) is 4.85. The Kier molecular flexibility index (Phi) is 5.02. The molecule has 2 heterocycles. The van der Waals surface area contributed by atoms with Crippen LogP contribution in [0.25, 0.3) is 0 Å². The number of nitrogens with zero attached hydrogens (tertiary/aromatic N) is 1. The van der Waals surface area contributed by atoms with Crippen molar-refractivity contribution in [1.82, 2.24) is 20.9 Å². The zero-order chi connectivity index (χ0) is 14.6. The van der Waals surface area contributed by atoms with Crippen LogP contribution in [0.3, 0.4) is 0 Å². The van der Waals surface area contributed by atoms with E-state index in [9.17, 15) is 0 Å². The van der Waals surface area contributed by atoms with E-state index >= 15 is 0 Å². The van der Waals surface area contributed by atoms with Crippen LogP contribution in [0.5, 0.6) is 0 Å². The molecule has 4 nitrogen and oxygen atoms in total. The van der Waals surface area contributed by atoms with Gasteiger partial charge in [-0.15, -0.1) is 13.2 Å². The number of piperazine rings is 2. The summed E-state index contributed by atoms with van der Waals surface area (Å²) in [7, 11) is 0. The molecule has 2 aliphatic rings. The molecule has 3 atom stereocenters. The molecule has 2 saturated heterocycles. The van der Waals surface area contributed by atoms with Crippen LogP contribution in [-0.4, -0.2) is 54.9 Å². The van der Waals surface area contributed by atoms with Gasteiger partial charge in [0.25, 0.3) is 0 Å². The molecule has 0 radical (unpaired) electrons. The Labute approximate surface area is 123 Å². The maximum absolute atomic E-state index is 4.01. The molecule has 2 rings (SSSR count). The molecule has 3 unspecified atom stereocenters. The first-order valence-corrected chi connectivity index (χ1v) is 7.78. The van der Waals surface area contributed by atoms with Gasteiger partial charge in [-0.3, -0.25) is 10.2 Å². The van der Waals surface area contributed by atoms with Gasteiger partial charge < -0.3 is 10.6 Å². The van der Waals surface area contributed by atoms with Crippen LogP contribution in [0.2, 0.25) is 0 Å². The molecule has 114 valence electrons. The quantitative estimate of drug-likeness (QED) is 0.658. The fourth-order valence-electron chi connectivity index (χ4n) is 3.78. The maximum Gasteiger partial charge on any atom is 0.0938 e. The molecule has 0 spiro atoms. The van der Waals surface area contributed by atoms with Gasteiger partial charge in [-0.1, -0.05) is 12.2 Å². The molecule has 0 aromatic carbocycles. The second-order valence-electron chi connectivity index (χ2n) is 6.34. The van der Waals surface area contributed by atoms with E-state index in [0.717, 1.165) is 45.6 Å². The zero-order valence-electron chi connectivity index (χ0n) is 13.0. The molecule has 2 fully saturated rings. The molecule has 0 aromatic rings. The summed E-state index contributed by atoms with van der Waals surface area (Å²) in [5.74, 6) is 0. The molecule has 0 aliphatic carbocycles. The molecule has 20 heavy (non-hydrogen) atoms. The van der Waals surface area contributed by atoms with E-state index in [2.05, 4.69) is 53.9 Å². The van der Waals surface area contributed by atoms with E-state index in [4.69, 9.17) is 0 Å². The van der Waals surface area contributed by atoms with Gasteiger partial charge in [0.05, 0.1) is 11.2 Å². The molecule has 3 N–H and O–H groups in total. The first-order chi connectivity index (χ1) is 9.58. The molecule has 0 amide bonds. The minimum absolute atomic E-state index is 0.0210. The van der Waals surface area contributed by atoms with Gasteiger partial charge in [0.1, 0.15) is 0 Å². The van der Waals surface area contributed by atoms with Crippen LogP contribution in [0.15, 0.2) is 25.3 Å². The topological polar surface area (TPSA) is 39.3 Å². The first kappa shape index (κ1) is 15.7. The van der Waals surface area contributed by atoms with Crippen molar-refractivity contribution < 1.29 is 0 Å². The SMILES string of the molecule is C=CCC1(C)NCC(C)NC1(CC=C)N1CCNCC1. The van der Waals surface area contributed by atoms with E-state index in [1.807, 2.05) is 6.08 Å². The lowest BCUT2D eigenvalue weighted by atomic mass is 9.76. The minimum atomic E-state index is -0.0806. The van der Waals surface area contributed by atoms with E-state index in [-0.39, 0.29) is 11.2 Å². The third-order valence-corrected chi connectivity index (χ3v) is 4.85. The minimum Gasteiger partial charge on any atom is -0.314 e. The summed E-state index contributed by atoms with van der Waals surface area (Å²) in [5, 5.41) is 11.1. The summed E-state index contributed by atoms with van der Waals surface area (Å²) in [4.78, 5) is 2.59. The Morgan fingerprint density at radius 3 is 2.45 bits per heavy atom. The van der Waals surface area contributed by atoms with Crippen molar-refractivity contribution in [2.75, 3.05) is 32.7 Å². The molecule has 0 saturated carbocycles. The number of hydrogen-bond donors (Lipinski definition) is 3. The number of rotatable bonds is 5. The van der Waals surface area contributed by atoms with Gasteiger partial charge >= 0.3 is 0 Å². The van der Waals surface area contributed by atoms with E-state index in [1.54, 1.807) is 0 Å². The van der Waals surface area contributed by atoms with Crippen molar-refractivity contribution in [1.29, 1.82) is 0 Å². The average Bonchev–Trinajstić information content (AvgIpc) is 2.45. The Hall–Kier alpha value is -0.680. The Bertz CT molecular complexity index is 350. The maximum atomic E-state index is 4.01. The zero-order valence-corrected chi connectivity index (χ0v) is 13.0. The molecule has 4 heteroatoms. The van der Waals surface area contributed by atoms with E-state index < -0.39 is 0 Å². The van der Waals surface area contributed by atoms with Gasteiger partial charge in [0, 0.05) is 38.8 Å². The van der Waals surface area contributed by atoms with E-state index in [0.29, 0.717) is 6.04 Å².